The second-order valence-corrected chi connectivity index (χ2v) is 5.73. The van der Waals surface area contributed by atoms with Crippen LogP contribution in [0.2, 0.25) is 5.02 Å². The molecule has 0 spiro atoms. The molecule has 0 bridgehead atoms. The maximum atomic E-state index is 12.0. The molecule has 144 valence electrons. The summed E-state index contributed by atoms with van der Waals surface area (Å²) in [7, 11) is 2.58. The van der Waals surface area contributed by atoms with Crippen molar-refractivity contribution >= 4 is 29.6 Å². The van der Waals surface area contributed by atoms with E-state index < -0.39 is 11.9 Å². The van der Waals surface area contributed by atoms with E-state index >= 15 is 0 Å². The highest BCUT2D eigenvalue weighted by molar-refractivity contribution is 6.30. The van der Waals surface area contributed by atoms with Gasteiger partial charge in [-0.15, -0.1) is 0 Å². The van der Waals surface area contributed by atoms with Crippen molar-refractivity contribution in [3.05, 3.63) is 58.6 Å². The lowest BCUT2D eigenvalue weighted by Crippen LogP contribution is -2.18. The molecule has 0 N–H and O–H groups in total. The van der Waals surface area contributed by atoms with Gasteiger partial charge in [0, 0.05) is 5.02 Å². The minimum atomic E-state index is -0.755. The Labute approximate surface area is 166 Å². The number of methoxy groups -OCH3 is 2. The average molecular weight is 402 g/mol. The SMILES string of the molecule is COC(=O)/C(C#N)=C/c1ccc(OC(=O)COc2cccc(Cl)c2)c(OC)c1. The molecule has 2 aromatic carbocycles. The van der Waals surface area contributed by atoms with Gasteiger partial charge in [0.05, 0.1) is 14.2 Å². The van der Waals surface area contributed by atoms with Crippen molar-refractivity contribution in [2.45, 2.75) is 0 Å². The number of carbonyl (C=O) groups excluding carboxylic acids is 2. The van der Waals surface area contributed by atoms with Crippen LogP contribution in [0.3, 0.4) is 0 Å². The van der Waals surface area contributed by atoms with Crippen LogP contribution in [0.4, 0.5) is 0 Å². The molecule has 2 rings (SSSR count). The minimum absolute atomic E-state index is 0.163. The van der Waals surface area contributed by atoms with Gasteiger partial charge in [-0.3, -0.25) is 0 Å². The third-order valence-electron chi connectivity index (χ3n) is 3.40. The van der Waals surface area contributed by atoms with Gasteiger partial charge in [-0.1, -0.05) is 23.7 Å². The van der Waals surface area contributed by atoms with Crippen LogP contribution in [0.1, 0.15) is 5.56 Å². The molecular formula is C20H16ClNO6. The molecule has 7 nitrogen and oxygen atoms in total. The number of benzene rings is 2. The van der Waals surface area contributed by atoms with E-state index in [9.17, 15) is 9.59 Å². The van der Waals surface area contributed by atoms with Gasteiger partial charge in [0.2, 0.25) is 0 Å². The summed E-state index contributed by atoms with van der Waals surface area (Å²) in [4.78, 5) is 23.5. The molecular weight excluding hydrogens is 386 g/mol. The van der Waals surface area contributed by atoms with Gasteiger partial charge in [0.15, 0.2) is 18.1 Å². The number of nitrogens with zero attached hydrogens (tertiary/aromatic N) is 1. The van der Waals surface area contributed by atoms with E-state index in [4.69, 9.17) is 31.1 Å². The first kappa shape index (κ1) is 20.8. The lowest BCUT2D eigenvalue weighted by molar-refractivity contribution is -0.137. The van der Waals surface area contributed by atoms with Crippen molar-refractivity contribution < 1.29 is 28.5 Å². The topological polar surface area (TPSA) is 94.9 Å². The van der Waals surface area contributed by atoms with Crippen molar-refractivity contribution in [1.29, 1.82) is 5.26 Å². The fraction of sp³-hybridized carbons (Fsp3) is 0.150. The van der Waals surface area contributed by atoms with Crippen molar-refractivity contribution in [1.82, 2.24) is 0 Å². The summed E-state index contributed by atoms with van der Waals surface area (Å²) in [5.41, 5.74) is 0.318. The zero-order chi connectivity index (χ0) is 20.5. The van der Waals surface area contributed by atoms with Crippen LogP contribution in [-0.4, -0.2) is 32.8 Å². The number of halogens is 1. The second kappa shape index (κ2) is 10.00. The summed E-state index contributed by atoms with van der Waals surface area (Å²) < 4.78 is 20.3. The Kier molecular flexibility index (Phi) is 7.43. The molecule has 0 aliphatic carbocycles. The van der Waals surface area contributed by atoms with E-state index in [0.717, 1.165) is 0 Å². The van der Waals surface area contributed by atoms with Crippen LogP contribution in [0.5, 0.6) is 17.2 Å². The highest BCUT2D eigenvalue weighted by Crippen LogP contribution is 2.29. The van der Waals surface area contributed by atoms with E-state index in [2.05, 4.69) is 4.74 Å². The van der Waals surface area contributed by atoms with E-state index in [1.807, 2.05) is 0 Å². The minimum Gasteiger partial charge on any atom is -0.493 e. The molecule has 0 fully saturated rings. The van der Waals surface area contributed by atoms with Crippen LogP contribution in [0.25, 0.3) is 6.08 Å². The Balaban J connectivity index is 2.09. The Morgan fingerprint density at radius 2 is 1.93 bits per heavy atom. The molecule has 2 aromatic rings. The van der Waals surface area contributed by atoms with E-state index in [1.54, 1.807) is 36.4 Å². The maximum Gasteiger partial charge on any atom is 0.349 e. The number of carbonyl (C=O) groups is 2. The highest BCUT2D eigenvalue weighted by atomic mass is 35.5. The summed E-state index contributed by atoms with van der Waals surface area (Å²) in [6.07, 6.45) is 1.34. The summed E-state index contributed by atoms with van der Waals surface area (Å²) in [5, 5.41) is 9.50. The third kappa shape index (κ3) is 5.76. The molecule has 0 atom stereocenters. The Morgan fingerprint density at radius 3 is 2.57 bits per heavy atom. The number of hydrogen-bond donors (Lipinski definition) is 0. The number of rotatable bonds is 7. The van der Waals surface area contributed by atoms with Gasteiger partial charge in [0.1, 0.15) is 17.4 Å². The van der Waals surface area contributed by atoms with E-state index in [0.29, 0.717) is 16.3 Å². The lowest BCUT2D eigenvalue weighted by Gasteiger charge is -2.11. The molecule has 0 saturated carbocycles. The summed E-state index contributed by atoms with van der Waals surface area (Å²) in [6, 6.07) is 12.9. The van der Waals surface area contributed by atoms with Crippen LogP contribution < -0.4 is 14.2 Å². The normalized spacial score (nSPS) is 10.6. The Hall–Kier alpha value is -3.50. The second-order valence-electron chi connectivity index (χ2n) is 5.29. The lowest BCUT2D eigenvalue weighted by atomic mass is 10.1. The smallest absolute Gasteiger partial charge is 0.349 e. The third-order valence-corrected chi connectivity index (χ3v) is 3.64. The largest absolute Gasteiger partial charge is 0.493 e. The van der Waals surface area contributed by atoms with Crippen molar-refractivity contribution in [2.75, 3.05) is 20.8 Å². The zero-order valence-corrected chi connectivity index (χ0v) is 15.9. The van der Waals surface area contributed by atoms with Crippen LogP contribution in [0.15, 0.2) is 48.0 Å². The van der Waals surface area contributed by atoms with Gasteiger partial charge in [-0.2, -0.15) is 5.26 Å². The predicted molar refractivity (Wildman–Crippen MR) is 101 cm³/mol. The first-order valence-corrected chi connectivity index (χ1v) is 8.31. The molecule has 8 heteroatoms. The van der Waals surface area contributed by atoms with Gasteiger partial charge in [0.25, 0.3) is 0 Å². The first-order chi connectivity index (χ1) is 13.5. The van der Waals surface area contributed by atoms with E-state index in [-0.39, 0.29) is 23.7 Å². The van der Waals surface area contributed by atoms with Gasteiger partial charge in [-0.25, -0.2) is 9.59 Å². The fourth-order valence-corrected chi connectivity index (χ4v) is 2.30. The molecule has 0 unspecified atom stereocenters. The van der Waals surface area contributed by atoms with Crippen molar-refractivity contribution in [3.8, 4) is 23.3 Å². The summed E-state index contributed by atoms with van der Waals surface area (Å²) in [5.74, 6) is -0.560. The highest BCUT2D eigenvalue weighted by Gasteiger charge is 2.13. The number of nitriles is 1. The molecule has 0 heterocycles. The van der Waals surface area contributed by atoms with Crippen LogP contribution in [0, 0.1) is 11.3 Å². The Morgan fingerprint density at radius 1 is 1.14 bits per heavy atom. The number of esters is 2. The number of hydrogen-bond acceptors (Lipinski definition) is 7. The summed E-state index contributed by atoms with van der Waals surface area (Å²) >= 11 is 5.85. The monoisotopic (exact) mass is 401 g/mol. The molecule has 28 heavy (non-hydrogen) atoms. The fourth-order valence-electron chi connectivity index (χ4n) is 2.12. The first-order valence-electron chi connectivity index (χ1n) is 7.94. The van der Waals surface area contributed by atoms with Crippen molar-refractivity contribution in [2.24, 2.45) is 0 Å². The molecule has 0 amide bonds. The van der Waals surface area contributed by atoms with Gasteiger partial charge < -0.3 is 18.9 Å². The molecule has 0 aromatic heterocycles. The molecule has 0 radical (unpaired) electrons. The van der Waals surface area contributed by atoms with Crippen LogP contribution in [-0.2, 0) is 14.3 Å². The standard InChI is InChI=1S/C20H16ClNO6/c1-25-18-9-13(8-14(11-22)20(24)26-2)6-7-17(18)28-19(23)12-27-16-5-3-4-15(21)10-16/h3-10H,12H2,1-2H3/b14-8+. The van der Waals surface area contributed by atoms with E-state index in [1.165, 1.54) is 32.4 Å². The number of ether oxygens (including phenoxy) is 4. The summed E-state index contributed by atoms with van der Waals surface area (Å²) in [6.45, 7) is -0.327. The Bertz CT molecular complexity index is 948. The maximum absolute atomic E-state index is 12.0. The molecule has 0 saturated heterocycles. The molecule has 0 aliphatic rings. The van der Waals surface area contributed by atoms with Crippen molar-refractivity contribution in [3.63, 3.8) is 0 Å². The zero-order valence-electron chi connectivity index (χ0n) is 15.1. The molecule has 0 aliphatic heterocycles. The predicted octanol–water partition coefficient (Wildman–Crippen LogP) is 3.41. The van der Waals surface area contributed by atoms with Gasteiger partial charge >= 0.3 is 11.9 Å². The van der Waals surface area contributed by atoms with Gasteiger partial charge in [-0.05, 0) is 42.0 Å². The average Bonchev–Trinajstić information content (AvgIpc) is 2.70. The van der Waals surface area contributed by atoms with Crippen LogP contribution >= 0.6 is 11.6 Å². The quantitative estimate of drug-likeness (QED) is 0.303.